The molecular formula is C19H23Cl2N3O2S. The van der Waals surface area contributed by atoms with Gasteiger partial charge in [0.15, 0.2) is 0 Å². The van der Waals surface area contributed by atoms with E-state index in [2.05, 4.69) is 12.2 Å². The summed E-state index contributed by atoms with van der Waals surface area (Å²) in [6.45, 7) is 5.22. The van der Waals surface area contributed by atoms with Crippen molar-refractivity contribution in [2.75, 3.05) is 18.4 Å². The lowest BCUT2D eigenvalue weighted by Crippen LogP contribution is -2.34. The highest BCUT2D eigenvalue weighted by Gasteiger charge is 2.33. The number of hydrogen-bond donors (Lipinski definition) is 2. The summed E-state index contributed by atoms with van der Waals surface area (Å²) in [6.07, 6.45) is 0.933. The maximum Gasteiger partial charge on any atom is 0.264 e. The number of anilines is 1. The number of halogens is 2. The van der Waals surface area contributed by atoms with E-state index >= 15 is 0 Å². The van der Waals surface area contributed by atoms with E-state index in [0.717, 1.165) is 12.0 Å². The van der Waals surface area contributed by atoms with Crippen molar-refractivity contribution in [3.05, 3.63) is 51.4 Å². The Morgan fingerprint density at radius 3 is 2.70 bits per heavy atom. The standard InChI is InChI=1S/C19H22ClN3O2S.ClH/c1-11-7-16(22-18(24)14-5-3-4-6-15(14)20)26-17(11)19(25)23-10-13(9-21)8-12(23)2;/h3-7,12-13H,8-10,21H2,1-2H3,(H,22,24);1H. The van der Waals surface area contributed by atoms with Crippen molar-refractivity contribution >= 4 is 52.2 Å². The Morgan fingerprint density at radius 1 is 1.37 bits per heavy atom. The van der Waals surface area contributed by atoms with Gasteiger partial charge in [0.05, 0.1) is 20.5 Å². The van der Waals surface area contributed by atoms with Crippen molar-refractivity contribution in [3.8, 4) is 0 Å². The Kier molecular flexibility index (Phi) is 7.28. The van der Waals surface area contributed by atoms with Crippen molar-refractivity contribution < 1.29 is 9.59 Å². The van der Waals surface area contributed by atoms with Crippen LogP contribution in [0.2, 0.25) is 5.02 Å². The summed E-state index contributed by atoms with van der Waals surface area (Å²) >= 11 is 7.37. The molecule has 1 saturated heterocycles. The van der Waals surface area contributed by atoms with Crippen LogP contribution in [0.5, 0.6) is 0 Å². The van der Waals surface area contributed by atoms with E-state index in [0.29, 0.717) is 39.5 Å². The molecule has 0 aliphatic carbocycles. The van der Waals surface area contributed by atoms with Crippen molar-refractivity contribution in [2.24, 2.45) is 11.7 Å². The minimum Gasteiger partial charge on any atom is -0.335 e. The Labute approximate surface area is 174 Å². The molecule has 8 heteroatoms. The lowest BCUT2D eigenvalue weighted by molar-refractivity contribution is 0.0747. The van der Waals surface area contributed by atoms with Gasteiger partial charge in [-0.1, -0.05) is 23.7 Å². The van der Waals surface area contributed by atoms with Crippen LogP contribution in [0.1, 0.15) is 38.9 Å². The molecule has 3 N–H and O–H groups in total. The van der Waals surface area contributed by atoms with Crippen molar-refractivity contribution in [1.82, 2.24) is 4.90 Å². The SMILES string of the molecule is Cc1cc(NC(=O)c2ccccc2Cl)sc1C(=O)N1CC(CN)CC1C.Cl. The Morgan fingerprint density at radius 2 is 2.07 bits per heavy atom. The van der Waals surface area contributed by atoms with E-state index < -0.39 is 0 Å². The molecule has 1 aliphatic rings. The first-order valence-corrected chi connectivity index (χ1v) is 9.77. The van der Waals surface area contributed by atoms with Gasteiger partial charge in [0.2, 0.25) is 0 Å². The van der Waals surface area contributed by atoms with Crippen LogP contribution in [0, 0.1) is 12.8 Å². The number of carbonyl (C=O) groups excluding carboxylic acids is 2. The van der Waals surface area contributed by atoms with E-state index in [1.54, 1.807) is 24.3 Å². The average Bonchev–Trinajstić information content (AvgIpc) is 3.17. The fraction of sp³-hybridized carbons (Fsp3) is 0.368. The lowest BCUT2D eigenvalue weighted by Gasteiger charge is -2.21. The highest BCUT2D eigenvalue weighted by molar-refractivity contribution is 7.18. The molecule has 3 rings (SSSR count). The van der Waals surface area contributed by atoms with Crippen molar-refractivity contribution in [1.29, 1.82) is 0 Å². The minimum absolute atomic E-state index is 0. The number of aryl methyl sites for hydroxylation is 1. The summed E-state index contributed by atoms with van der Waals surface area (Å²) in [6, 6.07) is 8.89. The van der Waals surface area contributed by atoms with Crippen LogP contribution < -0.4 is 11.1 Å². The first-order chi connectivity index (χ1) is 12.4. The second kappa shape index (κ2) is 9.06. The highest BCUT2D eigenvalue weighted by atomic mass is 35.5. The second-order valence-electron chi connectivity index (χ2n) is 6.70. The van der Waals surface area contributed by atoms with Crippen LogP contribution in [0.15, 0.2) is 30.3 Å². The van der Waals surface area contributed by atoms with Gasteiger partial charge in [0, 0.05) is 12.6 Å². The fourth-order valence-electron chi connectivity index (χ4n) is 3.31. The number of nitrogens with one attached hydrogen (secondary N) is 1. The molecular weight excluding hydrogens is 405 g/mol. The number of thiophene rings is 1. The number of carbonyl (C=O) groups is 2. The molecule has 0 spiro atoms. The number of rotatable bonds is 4. The predicted molar refractivity (Wildman–Crippen MR) is 113 cm³/mol. The molecule has 2 unspecified atom stereocenters. The Bertz CT molecular complexity index is 840. The summed E-state index contributed by atoms with van der Waals surface area (Å²) in [7, 11) is 0. The third-order valence-electron chi connectivity index (χ3n) is 4.72. The molecule has 2 aromatic rings. The topological polar surface area (TPSA) is 75.4 Å². The van der Waals surface area contributed by atoms with E-state index in [9.17, 15) is 9.59 Å². The zero-order valence-electron chi connectivity index (χ0n) is 15.2. The quantitative estimate of drug-likeness (QED) is 0.767. The maximum atomic E-state index is 12.9. The molecule has 1 aliphatic heterocycles. The van der Waals surface area contributed by atoms with Gasteiger partial charge < -0.3 is 16.0 Å². The van der Waals surface area contributed by atoms with Crippen LogP contribution >= 0.6 is 35.3 Å². The first kappa shape index (κ1) is 21.7. The highest BCUT2D eigenvalue weighted by Crippen LogP contribution is 2.32. The number of benzene rings is 1. The van der Waals surface area contributed by atoms with Gasteiger partial charge in [-0.15, -0.1) is 23.7 Å². The molecule has 0 radical (unpaired) electrons. The number of likely N-dealkylation sites (tertiary alicyclic amines) is 1. The van der Waals surface area contributed by atoms with Gasteiger partial charge >= 0.3 is 0 Å². The molecule has 0 saturated carbocycles. The molecule has 5 nitrogen and oxygen atoms in total. The first-order valence-electron chi connectivity index (χ1n) is 8.58. The van der Waals surface area contributed by atoms with E-state index in [1.807, 2.05) is 17.9 Å². The normalized spacial score (nSPS) is 18.9. The van der Waals surface area contributed by atoms with Gasteiger partial charge in [0.1, 0.15) is 0 Å². The van der Waals surface area contributed by atoms with Gasteiger partial charge in [-0.3, -0.25) is 9.59 Å². The minimum atomic E-state index is -0.284. The monoisotopic (exact) mass is 427 g/mol. The van der Waals surface area contributed by atoms with Crippen LogP contribution in [0.4, 0.5) is 5.00 Å². The van der Waals surface area contributed by atoms with Crippen molar-refractivity contribution in [3.63, 3.8) is 0 Å². The largest absolute Gasteiger partial charge is 0.335 e. The maximum absolute atomic E-state index is 12.9. The summed E-state index contributed by atoms with van der Waals surface area (Å²) in [5.41, 5.74) is 7.03. The van der Waals surface area contributed by atoms with Crippen LogP contribution in [0.25, 0.3) is 0 Å². The van der Waals surface area contributed by atoms with E-state index in [-0.39, 0.29) is 30.3 Å². The van der Waals surface area contributed by atoms with Crippen LogP contribution in [0.3, 0.4) is 0 Å². The molecule has 2 heterocycles. The summed E-state index contributed by atoms with van der Waals surface area (Å²) in [5, 5.41) is 3.87. The average molecular weight is 428 g/mol. The van der Waals surface area contributed by atoms with Gasteiger partial charge in [-0.2, -0.15) is 0 Å². The van der Waals surface area contributed by atoms with E-state index in [1.165, 1.54) is 11.3 Å². The number of hydrogen-bond acceptors (Lipinski definition) is 4. The van der Waals surface area contributed by atoms with Gasteiger partial charge in [-0.25, -0.2) is 0 Å². The molecule has 27 heavy (non-hydrogen) atoms. The lowest BCUT2D eigenvalue weighted by atomic mass is 10.1. The number of nitrogens with zero attached hydrogens (tertiary/aromatic N) is 1. The Balaban J connectivity index is 0.00000261. The Hall–Kier alpha value is -1.60. The van der Waals surface area contributed by atoms with E-state index in [4.69, 9.17) is 17.3 Å². The van der Waals surface area contributed by atoms with Crippen LogP contribution in [-0.4, -0.2) is 35.8 Å². The summed E-state index contributed by atoms with van der Waals surface area (Å²) in [5.74, 6) is 0.0800. The number of nitrogens with two attached hydrogens (primary N) is 1. The molecule has 0 bridgehead atoms. The zero-order valence-corrected chi connectivity index (χ0v) is 17.6. The third kappa shape index (κ3) is 4.63. The van der Waals surface area contributed by atoms with Gasteiger partial charge in [-0.05, 0) is 56.5 Å². The predicted octanol–water partition coefficient (Wildman–Crippen LogP) is 4.19. The molecule has 1 aromatic heterocycles. The summed E-state index contributed by atoms with van der Waals surface area (Å²) < 4.78 is 0. The molecule has 2 atom stereocenters. The molecule has 1 fully saturated rings. The fourth-order valence-corrected chi connectivity index (χ4v) is 4.55. The number of amides is 2. The van der Waals surface area contributed by atoms with Crippen molar-refractivity contribution in [2.45, 2.75) is 26.3 Å². The van der Waals surface area contributed by atoms with Gasteiger partial charge in [0.25, 0.3) is 11.8 Å². The molecule has 146 valence electrons. The molecule has 1 aromatic carbocycles. The summed E-state index contributed by atoms with van der Waals surface area (Å²) in [4.78, 5) is 27.9. The smallest absolute Gasteiger partial charge is 0.264 e. The molecule has 2 amide bonds. The second-order valence-corrected chi connectivity index (χ2v) is 8.16. The zero-order chi connectivity index (χ0) is 18.8. The third-order valence-corrected chi connectivity index (χ3v) is 6.19. The van der Waals surface area contributed by atoms with Crippen LogP contribution in [-0.2, 0) is 0 Å².